The van der Waals surface area contributed by atoms with E-state index in [1.165, 1.54) is 11.4 Å². The summed E-state index contributed by atoms with van der Waals surface area (Å²) in [6.07, 6.45) is 4.18. The summed E-state index contributed by atoms with van der Waals surface area (Å²) in [5.74, 6) is 2.31. The van der Waals surface area contributed by atoms with Gasteiger partial charge < -0.3 is 4.52 Å². The molecule has 1 aliphatic heterocycles. The second kappa shape index (κ2) is 6.01. The van der Waals surface area contributed by atoms with Gasteiger partial charge in [-0.2, -0.15) is 4.98 Å². The normalized spacial score (nSPS) is 20.6. The highest BCUT2D eigenvalue weighted by Gasteiger charge is 2.26. The molecule has 1 aliphatic rings. The van der Waals surface area contributed by atoms with Gasteiger partial charge in [0.05, 0.1) is 12.5 Å². The molecule has 108 valence electrons. The van der Waals surface area contributed by atoms with Gasteiger partial charge in [-0.15, -0.1) is 11.3 Å². The molecule has 1 unspecified atom stereocenters. The first kappa shape index (κ1) is 13.7. The third-order valence-electron chi connectivity index (χ3n) is 3.67. The van der Waals surface area contributed by atoms with Crippen LogP contribution < -0.4 is 0 Å². The minimum atomic E-state index is 0.322. The maximum absolute atomic E-state index is 5.45. The summed E-state index contributed by atoms with van der Waals surface area (Å²) >= 11 is 1.72. The number of aromatic nitrogens is 3. The standard InChI is InChI=1S/C14H20N4OS/c1-10(2)13-16-14(19-17-13)11-4-3-6-18(8-11)9-12-15-5-7-20-12/h5,7,10-11H,3-4,6,8-9H2,1-2H3. The Hall–Kier alpha value is -1.27. The van der Waals surface area contributed by atoms with E-state index in [1.807, 2.05) is 11.6 Å². The highest BCUT2D eigenvalue weighted by molar-refractivity contribution is 7.09. The molecular formula is C14H20N4OS. The summed E-state index contributed by atoms with van der Waals surface area (Å²) in [7, 11) is 0. The first-order valence-corrected chi connectivity index (χ1v) is 8.04. The van der Waals surface area contributed by atoms with Crippen molar-refractivity contribution in [2.45, 2.75) is 45.1 Å². The van der Waals surface area contributed by atoms with E-state index in [9.17, 15) is 0 Å². The van der Waals surface area contributed by atoms with Crippen LogP contribution in [0.1, 0.15) is 55.2 Å². The van der Waals surface area contributed by atoms with Crippen molar-refractivity contribution in [1.29, 1.82) is 0 Å². The third-order valence-corrected chi connectivity index (χ3v) is 4.44. The summed E-state index contributed by atoms with van der Waals surface area (Å²) in [4.78, 5) is 11.3. The van der Waals surface area contributed by atoms with Gasteiger partial charge in [0.25, 0.3) is 0 Å². The van der Waals surface area contributed by atoms with Crippen molar-refractivity contribution in [3.05, 3.63) is 28.3 Å². The fraction of sp³-hybridized carbons (Fsp3) is 0.643. The van der Waals surface area contributed by atoms with Crippen LogP contribution in [0.5, 0.6) is 0 Å². The van der Waals surface area contributed by atoms with E-state index in [-0.39, 0.29) is 0 Å². The molecular weight excluding hydrogens is 272 g/mol. The van der Waals surface area contributed by atoms with Gasteiger partial charge in [-0.3, -0.25) is 4.90 Å². The molecule has 2 aromatic rings. The molecule has 5 nitrogen and oxygen atoms in total. The van der Waals surface area contributed by atoms with E-state index in [0.717, 1.165) is 37.8 Å². The zero-order chi connectivity index (χ0) is 13.9. The first-order valence-electron chi connectivity index (χ1n) is 7.16. The van der Waals surface area contributed by atoms with Gasteiger partial charge in [0.15, 0.2) is 5.82 Å². The van der Waals surface area contributed by atoms with Gasteiger partial charge in [-0.25, -0.2) is 4.98 Å². The predicted octanol–water partition coefficient (Wildman–Crippen LogP) is 3.03. The molecule has 0 N–H and O–H groups in total. The Bertz CT molecular complexity index is 537. The van der Waals surface area contributed by atoms with Crippen LogP contribution in [0.3, 0.4) is 0 Å². The average Bonchev–Trinajstić information content (AvgIpc) is 3.09. The molecule has 0 aliphatic carbocycles. The SMILES string of the molecule is CC(C)c1noc(C2CCCN(Cc3nccs3)C2)n1. The Morgan fingerprint density at radius 3 is 3.10 bits per heavy atom. The maximum atomic E-state index is 5.45. The first-order chi connectivity index (χ1) is 9.72. The molecule has 20 heavy (non-hydrogen) atoms. The van der Waals surface area contributed by atoms with Crippen LogP contribution in [0.4, 0.5) is 0 Å². The third kappa shape index (κ3) is 3.07. The smallest absolute Gasteiger partial charge is 0.231 e. The number of likely N-dealkylation sites (tertiary alicyclic amines) is 1. The molecule has 3 rings (SSSR count). The molecule has 6 heteroatoms. The van der Waals surface area contributed by atoms with Gasteiger partial charge in [0.1, 0.15) is 5.01 Å². The van der Waals surface area contributed by atoms with Gasteiger partial charge >= 0.3 is 0 Å². The maximum Gasteiger partial charge on any atom is 0.231 e. The molecule has 1 fully saturated rings. The van der Waals surface area contributed by atoms with Crippen molar-refractivity contribution in [1.82, 2.24) is 20.0 Å². The summed E-state index contributed by atoms with van der Waals surface area (Å²) < 4.78 is 5.45. The van der Waals surface area contributed by atoms with Crippen LogP contribution in [-0.2, 0) is 6.54 Å². The summed E-state index contributed by atoms with van der Waals surface area (Å²) in [5.41, 5.74) is 0. The molecule has 1 saturated heterocycles. The lowest BCUT2D eigenvalue weighted by atomic mass is 9.98. The van der Waals surface area contributed by atoms with Gasteiger partial charge in [0.2, 0.25) is 5.89 Å². The van der Waals surface area contributed by atoms with Crippen LogP contribution in [0.15, 0.2) is 16.1 Å². The molecule has 0 radical (unpaired) electrons. The predicted molar refractivity (Wildman–Crippen MR) is 77.8 cm³/mol. The lowest BCUT2D eigenvalue weighted by Gasteiger charge is -2.30. The van der Waals surface area contributed by atoms with E-state index in [0.29, 0.717) is 11.8 Å². The lowest BCUT2D eigenvalue weighted by Crippen LogP contribution is -2.34. The molecule has 0 amide bonds. The average molecular weight is 292 g/mol. The van der Waals surface area contributed by atoms with Crippen molar-refractivity contribution >= 4 is 11.3 Å². The minimum Gasteiger partial charge on any atom is -0.339 e. The van der Waals surface area contributed by atoms with Crippen LogP contribution in [0.25, 0.3) is 0 Å². The van der Waals surface area contributed by atoms with E-state index in [2.05, 4.69) is 33.9 Å². The molecule has 0 bridgehead atoms. The molecule has 0 aromatic carbocycles. The largest absolute Gasteiger partial charge is 0.339 e. The highest BCUT2D eigenvalue weighted by Crippen LogP contribution is 2.27. The summed E-state index contributed by atoms with van der Waals surface area (Å²) in [6, 6.07) is 0. The Kier molecular flexibility index (Phi) is 4.12. The number of rotatable bonds is 4. The Morgan fingerprint density at radius 1 is 1.50 bits per heavy atom. The van der Waals surface area contributed by atoms with Gasteiger partial charge in [-0.05, 0) is 19.4 Å². The fourth-order valence-electron chi connectivity index (χ4n) is 2.57. The van der Waals surface area contributed by atoms with Gasteiger partial charge in [0, 0.05) is 24.0 Å². The second-order valence-corrected chi connectivity index (χ2v) is 6.62. The summed E-state index contributed by atoms with van der Waals surface area (Å²) in [5, 5.41) is 7.29. The lowest BCUT2D eigenvalue weighted by molar-refractivity contribution is 0.180. The fourth-order valence-corrected chi connectivity index (χ4v) is 3.23. The molecule has 1 atom stereocenters. The van der Waals surface area contributed by atoms with Crippen LogP contribution >= 0.6 is 11.3 Å². The number of hydrogen-bond acceptors (Lipinski definition) is 6. The number of hydrogen-bond donors (Lipinski definition) is 0. The zero-order valence-corrected chi connectivity index (χ0v) is 12.8. The Labute approximate surface area is 123 Å². The molecule has 3 heterocycles. The van der Waals surface area contributed by atoms with Crippen LogP contribution in [-0.4, -0.2) is 33.1 Å². The number of thiazole rings is 1. The van der Waals surface area contributed by atoms with E-state index in [4.69, 9.17) is 4.52 Å². The molecule has 0 saturated carbocycles. The van der Waals surface area contributed by atoms with Crippen molar-refractivity contribution in [3.8, 4) is 0 Å². The van der Waals surface area contributed by atoms with Crippen LogP contribution in [0.2, 0.25) is 0 Å². The highest BCUT2D eigenvalue weighted by atomic mass is 32.1. The summed E-state index contributed by atoms with van der Waals surface area (Å²) in [6.45, 7) is 7.22. The van der Waals surface area contributed by atoms with Crippen molar-refractivity contribution < 1.29 is 4.52 Å². The molecule has 2 aromatic heterocycles. The van der Waals surface area contributed by atoms with Crippen molar-refractivity contribution in [2.24, 2.45) is 0 Å². The topological polar surface area (TPSA) is 55.1 Å². The van der Waals surface area contributed by atoms with Crippen LogP contribution in [0, 0.1) is 0 Å². The number of nitrogens with zero attached hydrogens (tertiary/aromatic N) is 4. The zero-order valence-electron chi connectivity index (χ0n) is 12.0. The van der Waals surface area contributed by atoms with E-state index >= 15 is 0 Å². The number of piperidine rings is 1. The van der Waals surface area contributed by atoms with Crippen molar-refractivity contribution in [2.75, 3.05) is 13.1 Å². The quantitative estimate of drug-likeness (QED) is 0.867. The van der Waals surface area contributed by atoms with E-state index in [1.54, 1.807) is 11.3 Å². The Morgan fingerprint density at radius 2 is 2.40 bits per heavy atom. The van der Waals surface area contributed by atoms with Gasteiger partial charge in [-0.1, -0.05) is 19.0 Å². The minimum absolute atomic E-state index is 0.322. The van der Waals surface area contributed by atoms with Crippen molar-refractivity contribution in [3.63, 3.8) is 0 Å². The molecule has 0 spiro atoms. The second-order valence-electron chi connectivity index (χ2n) is 5.65. The monoisotopic (exact) mass is 292 g/mol. The Balaban J connectivity index is 1.65. The van der Waals surface area contributed by atoms with E-state index < -0.39 is 0 Å².